The van der Waals surface area contributed by atoms with E-state index in [0.29, 0.717) is 0 Å². The number of rotatable bonds is 6. The Morgan fingerprint density at radius 2 is 2.42 bits per heavy atom. The lowest BCUT2D eigenvalue weighted by atomic mass is 10.3. The molecule has 3 N–H and O–H groups in total. The summed E-state index contributed by atoms with van der Waals surface area (Å²) in [4.78, 5) is 26.9. The second kappa shape index (κ2) is 7.89. The van der Waals surface area contributed by atoms with E-state index in [2.05, 4.69) is 10.1 Å². The smallest absolute Gasteiger partial charge is 0.349 e. The van der Waals surface area contributed by atoms with Crippen LogP contribution in [0, 0.1) is 0 Å². The van der Waals surface area contributed by atoms with Crippen molar-refractivity contribution in [3.05, 3.63) is 22.7 Å². The van der Waals surface area contributed by atoms with Crippen LogP contribution in [0.15, 0.2) is 17.1 Å². The molecular formula is C13H21N4O6P. The second-order valence-electron chi connectivity index (χ2n) is 5.28. The molecule has 0 aromatic carbocycles. The predicted octanol–water partition coefficient (Wildman–Crippen LogP) is -0.0673. The van der Waals surface area contributed by atoms with Crippen molar-refractivity contribution in [2.75, 3.05) is 25.3 Å². The van der Waals surface area contributed by atoms with Crippen LogP contribution in [0.5, 0.6) is 0 Å². The lowest BCUT2D eigenvalue weighted by molar-refractivity contribution is -0.144. The molecule has 24 heavy (non-hydrogen) atoms. The van der Waals surface area contributed by atoms with Crippen LogP contribution in [0.25, 0.3) is 0 Å². The summed E-state index contributed by atoms with van der Waals surface area (Å²) in [5.41, 5.74) is 4.93. The second-order valence-corrected chi connectivity index (χ2v) is 7.40. The van der Waals surface area contributed by atoms with E-state index < -0.39 is 31.3 Å². The van der Waals surface area contributed by atoms with Crippen molar-refractivity contribution in [1.29, 1.82) is 0 Å². The van der Waals surface area contributed by atoms with Gasteiger partial charge in [0.05, 0.1) is 19.8 Å². The molecule has 1 aromatic heterocycles. The zero-order valence-corrected chi connectivity index (χ0v) is 14.4. The number of nitrogen functional groups attached to an aromatic ring is 1. The third-order valence-corrected chi connectivity index (χ3v) is 5.11. The van der Waals surface area contributed by atoms with Crippen molar-refractivity contribution in [2.24, 2.45) is 0 Å². The van der Waals surface area contributed by atoms with E-state index in [4.69, 9.17) is 19.7 Å². The normalized spacial score (nSPS) is 25.2. The molecule has 0 aliphatic carbocycles. The number of carbonyl (C=O) groups excluding carboxylic acids is 1. The van der Waals surface area contributed by atoms with Crippen LogP contribution in [0.3, 0.4) is 0 Å². The number of hydrogen-bond donors (Lipinski definition) is 2. The van der Waals surface area contributed by atoms with Gasteiger partial charge in [-0.05, 0) is 19.9 Å². The first kappa shape index (κ1) is 18.6. The molecule has 1 aliphatic heterocycles. The van der Waals surface area contributed by atoms with Crippen LogP contribution in [-0.2, 0) is 29.9 Å². The van der Waals surface area contributed by atoms with Gasteiger partial charge in [-0.2, -0.15) is 4.98 Å². The van der Waals surface area contributed by atoms with Gasteiger partial charge in [0.15, 0.2) is 0 Å². The van der Waals surface area contributed by atoms with E-state index >= 15 is 0 Å². The quantitative estimate of drug-likeness (QED) is 0.528. The Kier molecular flexibility index (Phi) is 6.11. The molecule has 134 valence electrons. The van der Waals surface area contributed by atoms with E-state index in [1.807, 2.05) is 0 Å². The summed E-state index contributed by atoms with van der Waals surface area (Å²) in [6.45, 7) is 3.66. The highest BCUT2D eigenvalue weighted by Crippen LogP contribution is 2.46. The molecule has 0 saturated carbocycles. The van der Waals surface area contributed by atoms with Crippen molar-refractivity contribution >= 4 is 19.3 Å². The minimum absolute atomic E-state index is 0.0106. The summed E-state index contributed by atoms with van der Waals surface area (Å²) in [7, 11) is -3.30. The average Bonchev–Trinajstić information content (AvgIpc) is 2.52. The molecule has 0 amide bonds. The van der Waals surface area contributed by atoms with Gasteiger partial charge in [-0.15, -0.1) is 0 Å². The minimum atomic E-state index is -3.30. The van der Waals surface area contributed by atoms with Crippen LogP contribution < -0.4 is 16.5 Å². The third kappa shape index (κ3) is 4.88. The zero-order valence-electron chi connectivity index (χ0n) is 13.5. The first-order valence-corrected chi connectivity index (χ1v) is 9.26. The SMILES string of the molecule is CCOC(=O)[C@H](C)NP1(=O)CO[C@@H](Cn2ccc(N)nc2=O)CO1. The van der Waals surface area contributed by atoms with E-state index in [0.717, 1.165) is 0 Å². The van der Waals surface area contributed by atoms with E-state index in [9.17, 15) is 14.2 Å². The molecule has 10 nitrogen and oxygen atoms in total. The highest BCUT2D eigenvalue weighted by molar-refractivity contribution is 7.56. The molecule has 2 rings (SSSR count). The number of nitrogens with two attached hydrogens (primary N) is 1. The summed E-state index contributed by atoms with van der Waals surface area (Å²) >= 11 is 0. The first-order chi connectivity index (χ1) is 11.3. The molecule has 1 unspecified atom stereocenters. The Hall–Kier alpha value is -1.74. The topological polar surface area (TPSA) is 135 Å². The van der Waals surface area contributed by atoms with Crippen LogP contribution in [0.4, 0.5) is 5.82 Å². The molecule has 1 aromatic rings. The largest absolute Gasteiger partial charge is 0.465 e. The lowest BCUT2D eigenvalue weighted by Crippen LogP contribution is -2.40. The number of esters is 1. The monoisotopic (exact) mass is 360 g/mol. The van der Waals surface area contributed by atoms with Crippen LogP contribution in [-0.4, -0.2) is 47.2 Å². The van der Waals surface area contributed by atoms with Crippen molar-refractivity contribution in [1.82, 2.24) is 14.6 Å². The highest BCUT2D eigenvalue weighted by Gasteiger charge is 2.35. The Labute approximate surface area is 138 Å². The molecule has 1 saturated heterocycles. The van der Waals surface area contributed by atoms with Crippen LogP contribution in [0.2, 0.25) is 0 Å². The molecule has 1 aliphatic rings. The maximum Gasteiger partial charge on any atom is 0.349 e. The molecule has 1 fully saturated rings. The average molecular weight is 360 g/mol. The number of aromatic nitrogens is 2. The van der Waals surface area contributed by atoms with Gasteiger partial charge in [0.25, 0.3) is 7.52 Å². The lowest BCUT2D eigenvalue weighted by Gasteiger charge is -2.31. The van der Waals surface area contributed by atoms with Crippen LogP contribution in [0.1, 0.15) is 13.8 Å². The summed E-state index contributed by atoms with van der Waals surface area (Å²) in [5.74, 6) is -0.378. The minimum Gasteiger partial charge on any atom is -0.465 e. The molecule has 2 heterocycles. The fourth-order valence-corrected chi connectivity index (χ4v) is 3.82. The van der Waals surface area contributed by atoms with Gasteiger partial charge in [0, 0.05) is 6.20 Å². The van der Waals surface area contributed by atoms with E-state index in [-0.39, 0.29) is 31.9 Å². The summed E-state index contributed by atoms with van der Waals surface area (Å²) < 4.78 is 29.5. The first-order valence-electron chi connectivity index (χ1n) is 7.45. The standard InChI is InChI=1S/C13H21N4O6P/c1-3-21-12(18)9(2)16-24(20)8-22-10(7-23-24)6-17-5-4-11(14)15-13(17)19/h4-5,9-10H,3,6-8H2,1-2H3,(H,16,20)(H2,14,15,19)/t9-,10-,24?/m0/s1. The molecule has 0 spiro atoms. The van der Waals surface area contributed by atoms with Gasteiger partial charge in [0.1, 0.15) is 24.3 Å². The Morgan fingerprint density at radius 1 is 1.67 bits per heavy atom. The number of nitrogens with one attached hydrogen (secondary N) is 1. The summed E-state index contributed by atoms with van der Waals surface area (Å²) in [6, 6.07) is 0.721. The van der Waals surface area contributed by atoms with Crippen molar-refractivity contribution in [3.8, 4) is 0 Å². The molecule has 0 bridgehead atoms. The highest BCUT2D eigenvalue weighted by atomic mass is 31.2. The van der Waals surface area contributed by atoms with Gasteiger partial charge in [-0.3, -0.25) is 13.9 Å². The predicted molar refractivity (Wildman–Crippen MR) is 85.4 cm³/mol. The van der Waals surface area contributed by atoms with Crippen molar-refractivity contribution in [3.63, 3.8) is 0 Å². The van der Waals surface area contributed by atoms with Gasteiger partial charge >= 0.3 is 11.7 Å². The number of nitrogens with zero attached hydrogens (tertiary/aromatic N) is 2. The number of anilines is 1. The maximum absolute atomic E-state index is 12.5. The third-order valence-electron chi connectivity index (χ3n) is 3.28. The Bertz CT molecular complexity index is 681. The van der Waals surface area contributed by atoms with E-state index in [1.165, 1.54) is 23.8 Å². The van der Waals surface area contributed by atoms with Gasteiger partial charge in [0.2, 0.25) is 0 Å². The fraction of sp³-hybridized carbons (Fsp3) is 0.615. The zero-order chi connectivity index (χ0) is 17.7. The number of carbonyl (C=O) groups is 1. The van der Waals surface area contributed by atoms with E-state index in [1.54, 1.807) is 6.92 Å². The maximum atomic E-state index is 12.5. The molecule has 0 radical (unpaired) electrons. The molecule has 3 atom stereocenters. The Balaban J connectivity index is 1.89. The van der Waals surface area contributed by atoms with Gasteiger partial charge < -0.3 is 19.7 Å². The summed E-state index contributed by atoms with van der Waals surface area (Å²) in [6.07, 6.45) is 0.830. The Morgan fingerprint density at radius 3 is 3.00 bits per heavy atom. The fourth-order valence-electron chi connectivity index (χ4n) is 2.09. The summed E-state index contributed by atoms with van der Waals surface area (Å²) in [5, 5.41) is 2.62. The van der Waals surface area contributed by atoms with Gasteiger partial charge in [-0.25, -0.2) is 9.88 Å². The molecule has 11 heteroatoms. The number of ether oxygens (including phenoxy) is 2. The van der Waals surface area contributed by atoms with Crippen molar-refractivity contribution in [2.45, 2.75) is 32.5 Å². The van der Waals surface area contributed by atoms with Crippen molar-refractivity contribution < 1.29 is 23.4 Å². The van der Waals surface area contributed by atoms with Gasteiger partial charge in [-0.1, -0.05) is 0 Å². The number of hydrogen-bond acceptors (Lipinski definition) is 8. The van der Waals surface area contributed by atoms with Crippen LogP contribution >= 0.6 is 7.52 Å². The molecular weight excluding hydrogens is 339 g/mol.